The topological polar surface area (TPSA) is 21.3 Å². The van der Waals surface area contributed by atoms with Gasteiger partial charge in [-0.25, -0.2) is 0 Å². The average Bonchev–Trinajstić information content (AvgIpc) is 2.86. The first kappa shape index (κ1) is 16.0. The number of ether oxygens (including phenoxy) is 1. The maximum absolute atomic E-state index is 6.36. The van der Waals surface area contributed by atoms with Crippen molar-refractivity contribution in [3.8, 4) is 0 Å². The van der Waals surface area contributed by atoms with Crippen LogP contribution in [0.1, 0.15) is 58.1 Å². The zero-order valence-corrected chi connectivity index (χ0v) is 14.4. The second-order valence-corrected chi connectivity index (χ2v) is 7.63. The molecular formula is C17H26BrNO. The number of hydrogen-bond acceptors (Lipinski definition) is 2. The van der Waals surface area contributed by atoms with Gasteiger partial charge in [0.2, 0.25) is 0 Å². The molecule has 1 aliphatic rings. The molecular weight excluding hydrogens is 314 g/mol. The zero-order chi connectivity index (χ0) is 14.6. The molecule has 0 amide bonds. The Hall–Kier alpha value is -0.380. The molecule has 1 fully saturated rings. The highest BCUT2D eigenvalue weighted by atomic mass is 79.9. The summed E-state index contributed by atoms with van der Waals surface area (Å²) in [7, 11) is 0. The molecule has 2 rings (SSSR count). The third-order valence-electron chi connectivity index (χ3n) is 3.70. The van der Waals surface area contributed by atoms with Crippen molar-refractivity contribution in [2.45, 2.75) is 64.2 Å². The van der Waals surface area contributed by atoms with Crippen LogP contribution in [-0.4, -0.2) is 18.2 Å². The summed E-state index contributed by atoms with van der Waals surface area (Å²) < 4.78 is 7.48. The Labute approximate surface area is 131 Å². The van der Waals surface area contributed by atoms with Crippen molar-refractivity contribution in [1.82, 2.24) is 5.32 Å². The monoisotopic (exact) mass is 339 g/mol. The fourth-order valence-corrected chi connectivity index (χ4v) is 3.02. The largest absolute Gasteiger partial charge is 0.369 e. The lowest BCUT2D eigenvalue weighted by atomic mass is 10.1. The number of benzene rings is 1. The fourth-order valence-electron chi connectivity index (χ4n) is 2.61. The van der Waals surface area contributed by atoms with Gasteiger partial charge in [-0.05, 0) is 51.3 Å². The Morgan fingerprint density at radius 1 is 1.30 bits per heavy atom. The summed E-state index contributed by atoms with van der Waals surface area (Å²) in [6.07, 6.45) is 5.60. The molecule has 0 spiro atoms. The third-order valence-corrected chi connectivity index (χ3v) is 4.19. The lowest BCUT2D eigenvalue weighted by Crippen LogP contribution is -2.39. The minimum Gasteiger partial charge on any atom is -0.369 e. The van der Waals surface area contributed by atoms with E-state index in [0.29, 0.717) is 6.10 Å². The summed E-state index contributed by atoms with van der Waals surface area (Å²) in [5.74, 6) is 0. The van der Waals surface area contributed by atoms with Crippen LogP contribution < -0.4 is 5.32 Å². The van der Waals surface area contributed by atoms with Gasteiger partial charge in [0, 0.05) is 16.6 Å². The molecule has 0 aliphatic heterocycles. The van der Waals surface area contributed by atoms with E-state index in [0.717, 1.165) is 11.0 Å². The average molecular weight is 340 g/mol. The van der Waals surface area contributed by atoms with E-state index in [-0.39, 0.29) is 11.6 Å². The zero-order valence-electron chi connectivity index (χ0n) is 12.8. The summed E-state index contributed by atoms with van der Waals surface area (Å²) in [4.78, 5) is 0. The van der Waals surface area contributed by atoms with E-state index < -0.39 is 0 Å². The molecule has 1 saturated carbocycles. The first-order valence-corrected chi connectivity index (χ1v) is 8.39. The third kappa shape index (κ3) is 5.19. The number of halogens is 1. The highest BCUT2D eigenvalue weighted by Gasteiger charge is 2.23. The van der Waals surface area contributed by atoms with Crippen molar-refractivity contribution in [2.75, 3.05) is 6.54 Å². The van der Waals surface area contributed by atoms with Crippen LogP contribution >= 0.6 is 15.9 Å². The number of rotatable bonds is 5. The minimum atomic E-state index is 0.114. The molecule has 1 atom stereocenters. The van der Waals surface area contributed by atoms with Crippen LogP contribution in [0, 0.1) is 0 Å². The van der Waals surface area contributed by atoms with Crippen LogP contribution in [0.2, 0.25) is 0 Å². The maximum atomic E-state index is 6.36. The van der Waals surface area contributed by atoms with Crippen LogP contribution in [-0.2, 0) is 4.74 Å². The van der Waals surface area contributed by atoms with Crippen molar-refractivity contribution < 1.29 is 4.74 Å². The summed E-state index contributed by atoms with van der Waals surface area (Å²) >= 11 is 3.56. The van der Waals surface area contributed by atoms with Gasteiger partial charge in [-0.1, -0.05) is 40.9 Å². The number of hydrogen-bond donors (Lipinski definition) is 1. The van der Waals surface area contributed by atoms with Gasteiger partial charge >= 0.3 is 0 Å². The van der Waals surface area contributed by atoms with Crippen molar-refractivity contribution in [3.05, 3.63) is 34.3 Å². The first-order valence-electron chi connectivity index (χ1n) is 7.60. The molecule has 3 heteroatoms. The van der Waals surface area contributed by atoms with Gasteiger partial charge in [0.25, 0.3) is 0 Å². The van der Waals surface area contributed by atoms with Crippen molar-refractivity contribution in [3.63, 3.8) is 0 Å². The highest BCUT2D eigenvalue weighted by molar-refractivity contribution is 9.10. The molecule has 0 aromatic heterocycles. The molecule has 0 heterocycles. The molecule has 1 aliphatic carbocycles. The van der Waals surface area contributed by atoms with Crippen molar-refractivity contribution in [1.29, 1.82) is 0 Å². The molecule has 1 aromatic carbocycles. The fraction of sp³-hybridized carbons (Fsp3) is 0.647. The molecule has 0 bridgehead atoms. The predicted molar refractivity (Wildman–Crippen MR) is 88.0 cm³/mol. The van der Waals surface area contributed by atoms with Crippen LogP contribution in [0.4, 0.5) is 0 Å². The quantitative estimate of drug-likeness (QED) is 0.828. The van der Waals surface area contributed by atoms with E-state index in [9.17, 15) is 0 Å². The standard InChI is InChI=1S/C17H26BrNO/c1-17(2,3)19-12-16(20-15-9-4-5-10-15)13-7-6-8-14(18)11-13/h6-8,11,15-16,19H,4-5,9-10,12H2,1-3H3. The van der Waals surface area contributed by atoms with E-state index in [4.69, 9.17) is 4.74 Å². The molecule has 0 saturated heterocycles. The van der Waals surface area contributed by atoms with E-state index in [2.05, 4.69) is 66.3 Å². The maximum Gasteiger partial charge on any atom is 0.0953 e. The molecule has 1 aromatic rings. The molecule has 1 N–H and O–H groups in total. The van der Waals surface area contributed by atoms with Gasteiger partial charge in [0.1, 0.15) is 0 Å². The van der Waals surface area contributed by atoms with E-state index >= 15 is 0 Å². The van der Waals surface area contributed by atoms with Gasteiger partial charge in [-0.2, -0.15) is 0 Å². The molecule has 0 radical (unpaired) electrons. The Bertz CT molecular complexity index is 421. The van der Waals surface area contributed by atoms with Gasteiger partial charge in [0.15, 0.2) is 0 Å². The predicted octanol–water partition coefficient (Wildman–Crippen LogP) is 4.84. The molecule has 2 nitrogen and oxygen atoms in total. The van der Waals surface area contributed by atoms with Crippen LogP contribution in [0.25, 0.3) is 0 Å². The van der Waals surface area contributed by atoms with Gasteiger partial charge < -0.3 is 10.1 Å². The van der Waals surface area contributed by atoms with Crippen LogP contribution in [0.15, 0.2) is 28.7 Å². The Morgan fingerprint density at radius 2 is 2.00 bits per heavy atom. The second-order valence-electron chi connectivity index (χ2n) is 6.72. The SMILES string of the molecule is CC(C)(C)NCC(OC1CCCC1)c1cccc(Br)c1. The smallest absolute Gasteiger partial charge is 0.0953 e. The summed E-state index contributed by atoms with van der Waals surface area (Å²) in [5.41, 5.74) is 1.37. The van der Waals surface area contributed by atoms with E-state index in [1.54, 1.807) is 0 Å². The Balaban J connectivity index is 2.06. The Kier molecular flexibility index (Phi) is 5.65. The number of nitrogens with one attached hydrogen (secondary N) is 1. The lowest BCUT2D eigenvalue weighted by Gasteiger charge is -2.28. The van der Waals surface area contributed by atoms with E-state index in [1.807, 2.05) is 0 Å². The van der Waals surface area contributed by atoms with Gasteiger partial charge in [-0.3, -0.25) is 0 Å². The lowest BCUT2D eigenvalue weighted by molar-refractivity contribution is -0.0115. The summed E-state index contributed by atoms with van der Waals surface area (Å²) in [6.45, 7) is 7.44. The minimum absolute atomic E-state index is 0.114. The Morgan fingerprint density at radius 3 is 2.60 bits per heavy atom. The molecule has 1 unspecified atom stereocenters. The van der Waals surface area contributed by atoms with Gasteiger partial charge in [-0.15, -0.1) is 0 Å². The normalized spacial score (nSPS) is 18.4. The molecule has 112 valence electrons. The first-order chi connectivity index (χ1) is 9.44. The van der Waals surface area contributed by atoms with Gasteiger partial charge in [0.05, 0.1) is 12.2 Å². The van der Waals surface area contributed by atoms with E-state index in [1.165, 1.54) is 31.2 Å². The van der Waals surface area contributed by atoms with Crippen LogP contribution in [0.5, 0.6) is 0 Å². The van der Waals surface area contributed by atoms with Crippen molar-refractivity contribution in [2.24, 2.45) is 0 Å². The molecule has 20 heavy (non-hydrogen) atoms. The summed E-state index contributed by atoms with van der Waals surface area (Å²) in [6, 6.07) is 8.48. The van der Waals surface area contributed by atoms with Crippen LogP contribution in [0.3, 0.4) is 0 Å². The van der Waals surface area contributed by atoms with Crippen molar-refractivity contribution >= 4 is 15.9 Å². The summed E-state index contributed by atoms with van der Waals surface area (Å²) in [5, 5.41) is 3.57. The second kappa shape index (κ2) is 7.06. The highest BCUT2D eigenvalue weighted by Crippen LogP contribution is 2.29.